The van der Waals surface area contributed by atoms with Gasteiger partial charge in [0.05, 0.1) is 12.2 Å². The van der Waals surface area contributed by atoms with E-state index < -0.39 is 0 Å². The fourth-order valence-corrected chi connectivity index (χ4v) is 2.07. The second-order valence-corrected chi connectivity index (χ2v) is 4.81. The van der Waals surface area contributed by atoms with Gasteiger partial charge in [-0.25, -0.2) is 9.67 Å². The Balaban J connectivity index is 1.68. The largest absolute Gasteiger partial charge is 0.444 e. The highest BCUT2D eigenvalue weighted by atomic mass is 16.3. The van der Waals surface area contributed by atoms with Gasteiger partial charge in [-0.15, -0.1) is 5.10 Å². The van der Waals surface area contributed by atoms with Crippen molar-refractivity contribution < 1.29 is 4.42 Å². The van der Waals surface area contributed by atoms with Gasteiger partial charge >= 0.3 is 0 Å². The van der Waals surface area contributed by atoms with Crippen LogP contribution in [0, 0.1) is 0 Å². The molecule has 0 saturated heterocycles. The molecule has 108 valence electrons. The molecule has 0 spiro atoms. The molecular formula is C15H17N5O. The highest BCUT2D eigenvalue weighted by Crippen LogP contribution is 2.18. The molecule has 0 fully saturated rings. The molecule has 6 heteroatoms. The van der Waals surface area contributed by atoms with Crippen LogP contribution in [0.1, 0.15) is 17.8 Å². The minimum atomic E-state index is 0.548. The molecule has 0 unspecified atom stereocenters. The Morgan fingerprint density at radius 1 is 1.14 bits per heavy atom. The molecule has 0 saturated carbocycles. The maximum absolute atomic E-state index is 5.51. The molecular weight excluding hydrogens is 266 g/mol. The van der Waals surface area contributed by atoms with E-state index in [0.717, 1.165) is 29.8 Å². The SMILES string of the molecule is NCCCc1cn(Cc2coc(-c3ccccc3)n2)nn1. The number of hydrogen-bond acceptors (Lipinski definition) is 5. The zero-order valence-corrected chi connectivity index (χ0v) is 11.6. The summed E-state index contributed by atoms with van der Waals surface area (Å²) >= 11 is 0. The van der Waals surface area contributed by atoms with E-state index in [-0.39, 0.29) is 0 Å². The Bertz CT molecular complexity index is 689. The molecule has 3 rings (SSSR count). The lowest BCUT2D eigenvalue weighted by atomic mass is 10.2. The van der Waals surface area contributed by atoms with E-state index in [0.29, 0.717) is 19.0 Å². The van der Waals surface area contributed by atoms with Crippen molar-refractivity contribution in [2.75, 3.05) is 6.54 Å². The number of hydrogen-bond donors (Lipinski definition) is 1. The van der Waals surface area contributed by atoms with Gasteiger partial charge in [-0.3, -0.25) is 0 Å². The van der Waals surface area contributed by atoms with Gasteiger partial charge in [0.25, 0.3) is 0 Å². The number of nitrogens with zero attached hydrogens (tertiary/aromatic N) is 4. The van der Waals surface area contributed by atoms with Crippen LogP contribution in [-0.2, 0) is 13.0 Å². The van der Waals surface area contributed by atoms with Gasteiger partial charge in [-0.1, -0.05) is 23.4 Å². The Labute approximate surface area is 122 Å². The highest BCUT2D eigenvalue weighted by molar-refractivity contribution is 5.52. The smallest absolute Gasteiger partial charge is 0.226 e. The summed E-state index contributed by atoms with van der Waals surface area (Å²) in [5.74, 6) is 0.620. The van der Waals surface area contributed by atoms with Crippen molar-refractivity contribution in [3.8, 4) is 11.5 Å². The van der Waals surface area contributed by atoms with Crippen LogP contribution < -0.4 is 5.73 Å². The molecule has 0 aliphatic carbocycles. The third kappa shape index (κ3) is 3.35. The van der Waals surface area contributed by atoms with Crippen molar-refractivity contribution >= 4 is 0 Å². The molecule has 6 nitrogen and oxygen atoms in total. The fourth-order valence-electron chi connectivity index (χ4n) is 2.07. The second-order valence-electron chi connectivity index (χ2n) is 4.81. The number of nitrogens with two attached hydrogens (primary N) is 1. The van der Waals surface area contributed by atoms with Gasteiger partial charge in [-0.05, 0) is 31.5 Å². The molecule has 0 aliphatic heterocycles. The van der Waals surface area contributed by atoms with Gasteiger partial charge in [0, 0.05) is 11.8 Å². The van der Waals surface area contributed by atoms with Gasteiger partial charge < -0.3 is 10.2 Å². The number of aromatic nitrogens is 4. The Morgan fingerprint density at radius 2 is 2.00 bits per heavy atom. The lowest BCUT2D eigenvalue weighted by Gasteiger charge is -1.95. The Morgan fingerprint density at radius 3 is 2.81 bits per heavy atom. The summed E-state index contributed by atoms with van der Waals surface area (Å²) in [6.45, 7) is 1.21. The monoisotopic (exact) mass is 283 g/mol. The third-order valence-corrected chi connectivity index (χ3v) is 3.12. The first-order valence-electron chi connectivity index (χ1n) is 6.94. The topological polar surface area (TPSA) is 82.8 Å². The summed E-state index contributed by atoms with van der Waals surface area (Å²) in [5.41, 5.74) is 8.23. The molecule has 21 heavy (non-hydrogen) atoms. The maximum Gasteiger partial charge on any atom is 0.226 e. The van der Waals surface area contributed by atoms with Gasteiger partial charge in [0.2, 0.25) is 5.89 Å². The summed E-state index contributed by atoms with van der Waals surface area (Å²) in [6, 6.07) is 9.82. The van der Waals surface area contributed by atoms with Gasteiger partial charge in [-0.2, -0.15) is 0 Å². The summed E-state index contributed by atoms with van der Waals surface area (Å²) in [7, 11) is 0. The summed E-state index contributed by atoms with van der Waals surface area (Å²) < 4.78 is 7.27. The first kappa shape index (κ1) is 13.5. The molecule has 0 aliphatic rings. The minimum Gasteiger partial charge on any atom is -0.444 e. The van der Waals surface area contributed by atoms with Crippen molar-refractivity contribution in [3.05, 3.63) is 54.2 Å². The first-order chi connectivity index (χ1) is 10.3. The van der Waals surface area contributed by atoms with E-state index in [1.807, 2.05) is 36.5 Å². The van der Waals surface area contributed by atoms with Crippen LogP contribution in [0.2, 0.25) is 0 Å². The summed E-state index contributed by atoms with van der Waals surface area (Å²) in [6.07, 6.45) is 5.35. The summed E-state index contributed by atoms with van der Waals surface area (Å²) in [5, 5.41) is 8.20. The molecule has 0 amide bonds. The van der Waals surface area contributed by atoms with Crippen LogP contribution in [0.25, 0.3) is 11.5 Å². The van der Waals surface area contributed by atoms with E-state index >= 15 is 0 Å². The van der Waals surface area contributed by atoms with E-state index in [4.69, 9.17) is 10.2 Å². The lowest BCUT2D eigenvalue weighted by molar-refractivity contribution is 0.568. The van der Waals surface area contributed by atoms with Gasteiger partial charge in [0.1, 0.15) is 12.0 Å². The van der Waals surface area contributed by atoms with E-state index in [1.54, 1.807) is 10.9 Å². The van der Waals surface area contributed by atoms with Crippen molar-refractivity contribution in [2.45, 2.75) is 19.4 Å². The normalized spacial score (nSPS) is 10.9. The Hall–Kier alpha value is -2.47. The molecule has 0 atom stereocenters. The molecule has 0 bridgehead atoms. The van der Waals surface area contributed by atoms with Crippen LogP contribution in [0.5, 0.6) is 0 Å². The van der Waals surface area contributed by atoms with Crippen molar-refractivity contribution in [1.82, 2.24) is 20.0 Å². The quantitative estimate of drug-likeness (QED) is 0.746. The zero-order valence-electron chi connectivity index (χ0n) is 11.6. The average molecular weight is 283 g/mol. The predicted molar refractivity (Wildman–Crippen MR) is 78.4 cm³/mol. The van der Waals surface area contributed by atoms with Gasteiger partial charge in [0.15, 0.2) is 0 Å². The molecule has 2 heterocycles. The van der Waals surface area contributed by atoms with Crippen molar-refractivity contribution in [1.29, 1.82) is 0 Å². The average Bonchev–Trinajstić information content (AvgIpc) is 3.16. The number of benzene rings is 1. The van der Waals surface area contributed by atoms with E-state index in [1.165, 1.54) is 0 Å². The fraction of sp³-hybridized carbons (Fsp3) is 0.267. The van der Waals surface area contributed by atoms with E-state index in [2.05, 4.69) is 15.3 Å². The standard InChI is InChI=1S/C15H17N5O/c16-8-4-7-13-9-20(19-18-13)10-14-11-21-15(17-14)12-5-2-1-3-6-12/h1-3,5-6,9,11H,4,7-8,10,16H2. The first-order valence-corrected chi connectivity index (χ1v) is 6.94. The highest BCUT2D eigenvalue weighted by Gasteiger charge is 2.08. The van der Waals surface area contributed by atoms with Crippen molar-refractivity contribution in [3.63, 3.8) is 0 Å². The predicted octanol–water partition coefficient (Wildman–Crippen LogP) is 1.87. The number of oxazole rings is 1. The number of rotatable bonds is 6. The summed E-state index contributed by atoms with van der Waals surface area (Å²) in [4.78, 5) is 4.47. The Kier molecular flexibility index (Phi) is 4.07. The molecule has 3 aromatic rings. The zero-order chi connectivity index (χ0) is 14.5. The lowest BCUT2D eigenvalue weighted by Crippen LogP contribution is -2.01. The molecule has 2 aromatic heterocycles. The van der Waals surface area contributed by atoms with Crippen LogP contribution in [0.4, 0.5) is 0 Å². The molecule has 1 aromatic carbocycles. The van der Waals surface area contributed by atoms with Crippen LogP contribution >= 0.6 is 0 Å². The van der Waals surface area contributed by atoms with Crippen LogP contribution in [-0.4, -0.2) is 26.5 Å². The van der Waals surface area contributed by atoms with E-state index in [9.17, 15) is 0 Å². The van der Waals surface area contributed by atoms with Crippen LogP contribution in [0.15, 0.2) is 47.2 Å². The second kappa shape index (κ2) is 6.32. The molecule has 2 N–H and O–H groups in total. The maximum atomic E-state index is 5.51. The van der Waals surface area contributed by atoms with Crippen LogP contribution in [0.3, 0.4) is 0 Å². The minimum absolute atomic E-state index is 0.548. The number of aryl methyl sites for hydroxylation is 1. The van der Waals surface area contributed by atoms with Crippen molar-refractivity contribution in [2.24, 2.45) is 5.73 Å². The molecule has 0 radical (unpaired) electrons. The third-order valence-electron chi connectivity index (χ3n) is 3.12.